The molecule has 0 unspecified atom stereocenters. The average Bonchev–Trinajstić information content (AvgIpc) is 2.66. The van der Waals surface area contributed by atoms with Crippen LogP contribution in [-0.2, 0) is 8.85 Å². The Kier molecular flexibility index (Phi) is 19.5. The van der Waals surface area contributed by atoms with Gasteiger partial charge in [-0.1, -0.05) is 116 Å². The van der Waals surface area contributed by atoms with Gasteiger partial charge in [0.2, 0.25) is 0 Å². The van der Waals surface area contributed by atoms with Gasteiger partial charge in [-0.3, -0.25) is 0 Å². The minimum Gasteiger partial charge on any atom is -0.395 e. The molecule has 2 nitrogen and oxygen atoms in total. The van der Waals surface area contributed by atoms with Gasteiger partial charge in [0.15, 0.2) is 0 Å². The van der Waals surface area contributed by atoms with Gasteiger partial charge >= 0.3 is 8.56 Å². The Hall–Kier alpha value is -0.123. The van der Waals surface area contributed by atoms with Crippen LogP contribution in [0, 0.1) is 0 Å². The first-order valence-corrected chi connectivity index (χ1v) is 13.6. The van der Waals surface area contributed by atoms with E-state index in [0.717, 1.165) is 6.04 Å². The summed E-state index contributed by atoms with van der Waals surface area (Å²) in [4.78, 5) is 0. The smallest absolute Gasteiger partial charge is 0.364 e. The number of hydrogen-bond acceptors (Lipinski definition) is 2. The van der Waals surface area contributed by atoms with Gasteiger partial charge in [0.25, 0.3) is 0 Å². The molecule has 3 heteroatoms. The van der Waals surface area contributed by atoms with E-state index < -0.39 is 8.56 Å². The summed E-state index contributed by atoms with van der Waals surface area (Å²) in [5, 5.41) is 0. The van der Waals surface area contributed by atoms with E-state index in [1.165, 1.54) is 103 Å². The van der Waals surface area contributed by atoms with Crippen molar-refractivity contribution >= 4 is 8.56 Å². The molecule has 156 valence electrons. The van der Waals surface area contributed by atoms with E-state index in [4.69, 9.17) is 8.85 Å². The second-order valence-electron chi connectivity index (χ2n) is 7.77. The highest BCUT2D eigenvalue weighted by atomic mass is 28.4. The molecule has 0 atom stereocenters. The van der Waals surface area contributed by atoms with E-state index in [1.54, 1.807) is 14.2 Å². The summed E-state index contributed by atoms with van der Waals surface area (Å²) in [5.74, 6) is 0. The molecule has 0 saturated carbocycles. The summed E-state index contributed by atoms with van der Waals surface area (Å²) in [6.07, 6.45) is 24.7. The SMILES string of the molecule is CC=C[Si](CCCCCCCCCCCCCCCCCC)(OC)OC. The average molecular weight is 385 g/mol. The summed E-state index contributed by atoms with van der Waals surface area (Å²) < 4.78 is 11.4. The number of unbranched alkanes of at least 4 members (excludes halogenated alkanes) is 15. The molecule has 0 amide bonds. The van der Waals surface area contributed by atoms with Crippen LogP contribution in [-0.4, -0.2) is 22.8 Å². The Bertz CT molecular complexity index is 301. The van der Waals surface area contributed by atoms with Gasteiger partial charge in [-0.05, 0) is 18.7 Å². The molecule has 0 heterocycles. The Morgan fingerprint density at radius 1 is 0.577 bits per heavy atom. The molecule has 0 bridgehead atoms. The maximum atomic E-state index is 5.68. The Morgan fingerprint density at radius 2 is 0.923 bits per heavy atom. The third-order valence-corrected chi connectivity index (χ3v) is 8.76. The molecule has 0 aromatic rings. The Morgan fingerprint density at radius 3 is 1.23 bits per heavy atom. The summed E-state index contributed by atoms with van der Waals surface area (Å²) in [7, 11) is 1.56. The molecular weight excluding hydrogens is 336 g/mol. The van der Waals surface area contributed by atoms with E-state index >= 15 is 0 Å². The van der Waals surface area contributed by atoms with Crippen molar-refractivity contribution in [1.29, 1.82) is 0 Å². The van der Waals surface area contributed by atoms with E-state index in [-0.39, 0.29) is 0 Å². The zero-order valence-corrected chi connectivity index (χ0v) is 19.5. The zero-order valence-electron chi connectivity index (χ0n) is 18.5. The van der Waals surface area contributed by atoms with Crippen LogP contribution >= 0.6 is 0 Å². The standard InChI is InChI=1S/C23H48O2Si/c1-5-7-8-9-10-11-12-13-14-15-16-17-18-19-20-21-23-26(24-3,25-4)22-6-2/h6,22H,5,7-21,23H2,1-4H3. The molecule has 0 N–H and O–H groups in total. The second-order valence-corrected chi connectivity index (χ2v) is 11.0. The lowest BCUT2D eigenvalue weighted by Crippen LogP contribution is -2.37. The molecule has 0 fully saturated rings. The Balaban J connectivity index is 3.31. The lowest BCUT2D eigenvalue weighted by molar-refractivity contribution is 0.254. The molecule has 26 heavy (non-hydrogen) atoms. The second kappa shape index (κ2) is 19.6. The van der Waals surface area contributed by atoms with Crippen molar-refractivity contribution in [2.75, 3.05) is 14.2 Å². The van der Waals surface area contributed by atoms with Crippen molar-refractivity contribution in [3.8, 4) is 0 Å². The molecule has 0 saturated heterocycles. The van der Waals surface area contributed by atoms with Crippen LogP contribution in [0.4, 0.5) is 0 Å². The van der Waals surface area contributed by atoms with E-state index in [2.05, 4.69) is 18.7 Å². The normalized spacial score (nSPS) is 12.3. The Labute approximate surface area is 166 Å². The number of rotatable bonds is 20. The van der Waals surface area contributed by atoms with Crippen LogP contribution in [0.2, 0.25) is 6.04 Å². The summed E-state index contributed by atoms with van der Waals surface area (Å²) in [6.45, 7) is 4.34. The van der Waals surface area contributed by atoms with Crippen LogP contribution in [0.1, 0.15) is 117 Å². The van der Waals surface area contributed by atoms with Gasteiger partial charge in [0, 0.05) is 14.2 Å². The maximum Gasteiger partial charge on any atom is 0.364 e. The lowest BCUT2D eigenvalue weighted by atomic mass is 10.0. The van der Waals surface area contributed by atoms with Crippen molar-refractivity contribution in [3.05, 3.63) is 11.8 Å². The lowest BCUT2D eigenvalue weighted by Gasteiger charge is -2.23. The quantitative estimate of drug-likeness (QED) is 0.156. The van der Waals surface area contributed by atoms with Crippen LogP contribution in [0.5, 0.6) is 0 Å². The minimum absolute atomic E-state index is 1.09. The van der Waals surface area contributed by atoms with Crippen molar-refractivity contribution in [1.82, 2.24) is 0 Å². The first-order valence-electron chi connectivity index (χ1n) is 11.5. The van der Waals surface area contributed by atoms with Crippen molar-refractivity contribution in [3.63, 3.8) is 0 Å². The van der Waals surface area contributed by atoms with Gasteiger partial charge in [-0.15, -0.1) is 0 Å². The molecule has 0 aliphatic carbocycles. The largest absolute Gasteiger partial charge is 0.395 e. The molecule has 0 aliphatic rings. The van der Waals surface area contributed by atoms with Crippen molar-refractivity contribution < 1.29 is 8.85 Å². The summed E-state index contributed by atoms with van der Waals surface area (Å²) in [5.41, 5.74) is 2.16. The highest BCUT2D eigenvalue weighted by Crippen LogP contribution is 2.19. The minimum atomic E-state index is -2.03. The molecule has 0 rings (SSSR count). The van der Waals surface area contributed by atoms with Gasteiger partial charge in [-0.25, -0.2) is 0 Å². The first-order chi connectivity index (χ1) is 12.7. The predicted octanol–water partition coefficient (Wildman–Crippen LogP) is 8.10. The van der Waals surface area contributed by atoms with E-state index in [0.29, 0.717) is 0 Å². The maximum absolute atomic E-state index is 5.68. The highest BCUT2D eigenvalue weighted by Gasteiger charge is 2.31. The topological polar surface area (TPSA) is 18.5 Å². The monoisotopic (exact) mass is 384 g/mol. The van der Waals surface area contributed by atoms with Crippen LogP contribution in [0.15, 0.2) is 11.8 Å². The molecule has 0 spiro atoms. The first kappa shape index (κ1) is 25.9. The van der Waals surface area contributed by atoms with Crippen LogP contribution in [0.3, 0.4) is 0 Å². The van der Waals surface area contributed by atoms with Crippen molar-refractivity contribution in [2.24, 2.45) is 0 Å². The van der Waals surface area contributed by atoms with Crippen molar-refractivity contribution in [2.45, 2.75) is 123 Å². The fourth-order valence-electron chi connectivity index (χ4n) is 3.68. The molecular formula is C23H48O2Si. The fourth-order valence-corrected chi connectivity index (χ4v) is 5.94. The number of allylic oxidation sites excluding steroid dienone is 1. The van der Waals surface area contributed by atoms with Gasteiger partial charge in [0.1, 0.15) is 0 Å². The third kappa shape index (κ3) is 15.0. The third-order valence-electron chi connectivity index (χ3n) is 5.49. The zero-order chi connectivity index (χ0) is 19.3. The van der Waals surface area contributed by atoms with Crippen LogP contribution < -0.4 is 0 Å². The fraction of sp³-hybridized carbons (Fsp3) is 0.913. The summed E-state index contributed by atoms with van der Waals surface area (Å²) in [6, 6.07) is 1.09. The highest BCUT2D eigenvalue weighted by molar-refractivity contribution is 6.72. The molecule has 0 radical (unpaired) electrons. The van der Waals surface area contributed by atoms with Gasteiger partial charge < -0.3 is 8.85 Å². The molecule has 0 aliphatic heterocycles. The van der Waals surface area contributed by atoms with Gasteiger partial charge in [-0.2, -0.15) is 0 Å². The number of hydrogen-bond donors (Lipinski definition) is 0. The molecule has 0 aromatic carbocycles. The van der Waals surface area contributed by atoms with E-state index in [9.17, 15) is 0 Å². The molecule has 0 aromatic heterocycles. The van der Waals surface area contributed by atoms with E-state index in [1.807, 2.05) is 6.92 Å². The van der Waals surface area contributed by atoms with Crippen LogP contribution in [0.25, 0.3) is 0 Å². The predicted molar refractivity (Wildman–Crippen MR) is 119 cm³/mol. The van der Waals surface area contributed by atoms with Gasteiger partial charge in [0.05, 0.1) is 0 Å². The summed E-state index contributed by atoms with van der Waals surface area (Å²) >= 11 is 0.